The van der Waals surface area contributed by atoms with Crippen molar-refractivity contribution < 1.29 is 18.7 Å². The first-order valence-corrected chi connectivity index (χ1v) is 6.77. The number of aromatic nitrogens is 4. The third kappa shape index (κ3) is 2.92. The van der Waals surface area contributed by atoms with Crippen molar-refractivity contribution in [1.29, 1.82) is 0 Å². The molecule has 0 saturated carbocycles. The molecule has 9 heteroatoms. The standard InChI is InChI=1S/C12H11BrF2N4O2/c1-5(12(20)21)6(2)19-11(16-17-18-19)10-8(14)3-7(13)4-9(10)15/h3-6H,1-2H3,(H,20,21). The third-order valence-corrected chi connectivity index (χ3v) is 3.68. The van der Waals surface area contributed by atoms with Gasteiger partial charge in [-0.05, 0) is 36.4 Å². The van der Waals surface area contributed by atoms with Gasteiger partial charge in [0, 0.05) is 4.47 Å². The minimum atomic E-state index is -1.05. The molecule has 21 heavy (non-hydrogen) atoms. The molecule has 0 aliphatic rings. The second-order valence-electron chi connectivity index (χ2n) is 4.56. The van der Waals surface area contributed by atoms with E-state index in [9.17, 15) is 13.6 Å². The lowest BCUT2D eigenvalue weighted by Crippen LogP contribution is -2.23. The predicted molar refractivity (Wildman–Crippen MR) is 72.4 cm³/mol. The van der Waals surface area contributed by atoms with E-state index in [0.717, 1.165) is 16.8 Å². The molecule has 0 spiro atoms. The van der Waals surface area contributed by atoms with Gasteiger partial charge in [-0.3, -0.25) is 4.79 Å². The summed E-state index contributed by atoms with van der Waals surface area (Å²) in [4.78, 5) is 11.0. The molecular formula is C12H11BrF2N4O2. The number of nitrogens with zero attached hydrogens (tertiary/aromatic N) is 4. The molecule has 2 aromatic rings. The Morgan fingerprint density at radius 2 is 1.90 bits per heavy atom. The number of hydrogen-bond acceptors (Lipinski definition) is 4. The van der Waals surface area contributed by atoms with Gasteiger partial charge in [-0.15, -0.1) is 5.10 Å². The summed E-state index contributed by atoms with van der Waals surface area (Å²) in [6.45, 7) is 3.03. The molecule has 0 aliphatic heterocycles. The minimum Gasteiger partial charge on any atom is -0.481 e. The van der Waals surface area contributed by atoms with E-state index in [1.165, 1.54) is 6.92 Å². The van der Waals surface area contributed by atoms with Gasteiger partial charge in [-0.1, -0.05) is 15.9 Å². The average Bonchev–Trinajstić information content (AvgIpc) is 2.84. The topological polar surface area (TPSA) is 80.9 Å². The lowest BCUT2D eigenvalue weighted by molar-refractivity contribution is -0.142. The lowest BCUT2D eigenvalue weighted by atomic mass is 10.0. The van der Waals surface area contributed by atoms with Crippen molar-refractivity contribution in [3.05, 3.63) is 28.2 Å². The molecule has 6 nitrogen and oxygen atoms in total. The van der Waals surface area contributed by atoms with Crippen LogP contribution in [0.4, 0.5) is 8.78 Å². The zero-order valence-corrected chi connectivity index (χ0v) is 12.7. The van der Waals surface area contributed by atoms with Gasteiger partial charge in [0.1, 0.15) is 11.6 Å². The summed E-state index contributed by atoms with van der Waals surface area (Å²) in [5, 5.41) is 19.7. The summed E-state index contributed by atoms with van der Waals surface area (Å²) in [7, 11) is 0. The number of rotatable bonds is 4. The Balaban J connectivity index is 2.54. The van der Waals surface area contributed by atoms with E-state index in [2.05, 4.69) is 31.5 Å². The number of carboxylic acid groups (broad SMARTS) is 1. The zero-order valence-electron chi connectivity index (χ0n) is 11.1. The first-order chi connectivity index (χ1) is 9.82. The van der Waals surface area contributed by atoms with Crippen molar-refractivity contribution >= 4 is 21.9 Å². The fraction of sp³-hybridized carbons (Fsp3) is 0.333. The quantitative estimate of drug-likeness (QED) is 0.906. The number of carbonyl (C=O) groups is 1. The molecule has 2 rings (SSSR count). The van der Waals surface area contributed by atoms with Gasteiger partial charge in [-0.25, -0.2) is 13.5 Å². The summed E-state index contributed by atoms with van der Waals surface area (Å²) in [6.07, 6.45) is 0. The number of carboxylic acids is 1. The molecule has 0 aliphatic carbocycles. The van der Waals surface area contributed by atoms with Gasteiger partial charge in [0.25, 0.3) is 0 Å². The Labute approximate surface area is 126 Å². The SMILES string of the molecule is CC(C(=O)O)C(C)n1nnnc1-c1c(F)cc(Br)cc1F. The highest BCUT2D eigenvalue weighted by molar-refractivity contribution is 9.10. The molecule has 0 amide bonds. The Kier molecular flexibility index (Phi) is 4.31. The van der Waals surface area contributed by atoms with Crippen LogP contribution in [0, 0.1) is 17.6 Å². The molecule has 2 atom stereocenters. The largest absolute Gasteiger partial charge is 0.481 e. The van der Waals surface area contributed by atoms with E-state index in [0.29, 0.717) is 0 Å². The van der Waals surface area contributed by atoms with E-state index >= 15 is 0 Å². The van der Waals surface area contributed by atoms with Crippen molar-refractivity contribution in [3.63, 3.8) is 0 Å². The van der Waals surface area contributed by atoms with Gasteiger partial charge in [0.2, 0.25) is 0 Å². The van der Waals surface area contributed by atoms with Gasteiger partial charge in [0.15, 0.2) is 5.82 Å². The molecule has 2 unspecified atom stereocenters. The normalized spacial score (nSPS) is 14.0. The van der Waals surface area contributed by atoms with Crippen molar-refractivity contribution in [2.75, 3.05) is 0 Å². The summed E-state index contributed by atoms with van der Waals surface area (Å²) >= 11 is 2.98. The van der Waals surface area contributed by atoms with Crippen LogP contribution in [-0.4, -0.2) is 31.3 Å². The first-order valence-electron chi connectivity index (χ1n) is 5.98. The fourth-order valence-electron chi connectivity index (χ4n) is 1.81. The lowest BCUT2D eigenvalue weighted by Gasteiger charge is -2.17. The van der Waals surface area contributed by atoms with Crippen LogP contribution in [0.1, 0.15) is 19.9 Å². The number of halogens is 3. The molecule has 0 fully saturated rings. The maximum absolute atomic E-state index is 14.0. The second kappa shape index (κ2) is 5.84. The van der Waals surface area contributed by atoms with Crippen LogP contribution in [0.3, 0.4) is 0 Å². The first kappa shape index (κ1) is 15.5. The van der Waals surface area contributed by atoms with Crippen LogP contribution in [0.15, 0.2) is 16.6 Å². The van der Waals surface area contributed by atoms with Crippen molar-refractivity contribution in [3.8, 4) is 11.4 Å². The Hall–Kier alpha value is -1.90. The smallest absolute Gasteiger partial charge is 0.308 e. The highest BCUT2D eigenvalue weighted by Crippen LogP contribution is 2.30. The van der Waals surface area contributed by atoms with Gasteiger partial charge in [-0.2, -0.15) is 0 Å². The van der Waals surface area contributed by atoms with E-state index in [-0.39, 0.29) is 10.3 Å². The van der Waals surface area contributed by atoms with Crippen LogP contribution in [0.5, 0.6) is 0 Å². The summed E-state index contributed by atoms with van der Waals surface area (Å²) in [5.74, 6) is -3.71. The molecule has 0 radical (unpaired) electrons. The molecule has 112 valence electrons. The number of tetrazole rings is 1. The maximum atomic E-state index is 14.0. The van der Waals surface area contributed by atoms with Crippen LogP contribution in [0.25, 0.3) is 11.4 Å². The molecule has 0 bridgehead atoms. The fourth-order valence-corrected chi connectivity index (χ4v) is 2.21. The van der Waals surface area contributed by atoms with Crippen molar-refractivity contribution in [2.24, 2.45) is 5.92 Å². The highest BCUT2D eigenvalue weighted by atomic mass is 79.9. The van der Waals surface area contributed by atoms with Crippen molar-refractivity contribution in [2.45, 2.75) is 19.9 Å². The monoisotopic (exact) mass is 360 g/mol. The second-order valence-corrected chi connectivity index (χ2v) is 5.47. The van der Waals surface area contributed by atoms with E-state index in [4.69, 9.17) is 5.11 Å². The third-order valence-electron chi connectivity index (χ3n) is 3.22. The summed E-state index contributed by atoms with van der Waals surface area (Å²) in [6, 6.07) is 1.50. The predicted octanol–water partition coefficient (Wildman–Crippen LogP) is 2.66. The van der Waals surface area contributed by atoms with Gasteiger partial charge in [0.05, 0.1) is 17.5 Å². The molecule has 1 heterocycles. The Bertz CT molecular complexity index is 669. The van der Waals surface area contributed by atoms with Gasteiger partial charge < -0.3 is 5.11 Å². The average molecular weight is 361 g/mol. The zero-order chi connectivity index (χ0) is 15.7. The van der Waals surface area contributed by atoms with Crippen LogP contribution < -0.4 is 0 Å². The maximum Gasteiger partial charge on any atom is 0.308 e. The van der Waals surface area contributed by atoms with E-state index in [1.807, 2.05) is 0 Å². The minimum absolute atomic E-state index is 0.155. The van der Waals surface area contributed by atoms with E-state index < -0.39 is 35.1 Å². The number of benzene rings is 1. The van der Waals surface area contributed by atoms with Crippen LogP contribution in [0.2, 0.25) is 0 Å². The highest BCUT2D eigenvalue weighted by Gasteiger charge is 2.27. The summed E-state index contributed by atoms with van der Waals surface area (Å²) in [5.41, 5.74) is -0.396. The summed E-state index contributed by atoms with van der Waals surface area (Å²) < 4.78 is 29.3. The molecule has 1 N–H and O–H groups in total. The Morgan fingerprint density at radius 1 is 1.33 bits per heavy atom. The number of hydrogen-bond donors (Lipinski definition) is 1. The van der Waals surface area contributed by atoms with Crippen molar-refractivity contribution in [1.82, 2.24) is 20.2 Å². The molecule has 1 aromatic heterocycles. The van der Waals surface area contributed by atoms with E-state index in [1.54, 1.807) is 6.92 Å². The molecular weight excluding hydrogens is 350 g/mol. The van der Waals surface area contributed by atoms with Crippen LogP contribution in [-0.2, 0) is 4.79 Å². The molecule has 1 aromatic carbocycles. The van der Waals surface area contributed by atoms with Crippen LogP contribution >= 0.6 is 15.9 Å². The molecule has 0 saturated heterocycles. The number of aliphatic carboxylic acids is 1. The van der Waals surface area contributed by atoms with Gasteiger partial charge >= 0.3 is 5.97 Å². The Morgan fingerprint density at radius 3 is 2.43 bits per heavy atom.